The average Bonchev–Trinajstić information content (AvgIpc) is 3.11. The number of carbonyl (C=O) groups is 2. The van der Waals surface area contributed by atoms with E-state index >= 15 is 0 Å². The molecular formula is C18H19FN2O4S3. The fraction of sp³-hybridized carbons (Fsp3) is 0.389. The van der Waals surface area contributed by atoms with Gasteiger partial charge in [0.25, 0.3) is 5.91 Å². The zero-order chi connectivity index (χ0) is 20.5. The lowest BCUT2D eigenvalue weighted by atomic mass is 10.2. The van der Waals surface area contributed by atoms with E-state index in [0.29, 0.717) is 13.0 Å². The van der Waals surface area contributed by atoms with Crippen molar-refractivity contribution in [1.29, 1.82) is 0 Å². The maximum atomic E-state index is 13.8. The number of amides is 2. The van der Waals surface area contributed by atoms with Gasteiger partial charge >= 0.3 is 0 Å². The maximum Gasteiger partial charge on any atom is 0.266 e. The van der Waals surface area contributed by atoms with Crippen LogP contribution in [0.1, 0.15) is 18.9 Å². The van der Waals surface area contributed by atoms with Gasteiger partial charge in [-0.05, 0) is 25.5 Å². The van der Waals surface area contributed by atoms with Crippen LogP contribution in [0.3, 0.4) is 0 Å². The zero-order valence-corrected chi connectivity index (χ0v) is 17.6. The van der Waals surface area contributed by atoms with Gasteiger partial charge in [0.1, 0.15) is 16.7 Å². The van der Waals surface area contributed by atoms with Crippen LogP contribution in [-0.4, -0.2) is 65.0 Å². The lowest BCUT2D eigenvalue weighted by molar-refractivity contribution is -0.136. The van der Waals surface area contributed by atoms with Crippen LogP contribution in [0.2, 0.25) is 0 Å². The first-order chi connectivity index (χ1) is 13.2. The standard InChI is InChI=1S/C18H19FN2O4S3/c1-2-20(13-7-8-28(24,25)11-13)16(22)10-21-17(23)15(27-18(21)26)9-12-5-3-4-6-14(12)19/h3-6,9,13H,2,7-8,10-11H2,1H3/b15-9-/t13-/m0/s1. The highest BCUT2D eigenvalue weighted by atomic mass is 32.2. The van der Waals surface area contributed by atoms with Crippen molar-refractivity contribution in [3.05, 3.63) is 40.6 Å². The topological polar surface area (TPSA) is 74.8 Å². The minimum absolute atomic E-state index is 0.0574. The first-order valence-corrected chi connectivity index (χ1v) is 11.8. The molecule has 2 aliphatic rings. The fourth-order valence-corrected chi connectivity index (χ4v) is 6.23. The molecule has 6 nitrogen and oxygen atoms in total. The second kappa shape index (κ2) is 8.30. The molecule has 0 radical (unpaired) electrons. The van der Waals surface area contributed by atoms with Crippen LogP contribution in [0, 0.1) is 5.82 Å². The highest BCUT2D eigenvalue weighted by molar-refractivity contribution is 8.26. The molecule has 0 bridgehead atoms. The van der Waals surface area contributed by atoms with Crippen molar-refractivity contribution < 1.29 is 22.4 Å². The number of thioether (sulfide) groups is 1. The molecule has 2 aliphatic heterocycles. The van der Waals surface area contributed by atoms with Gasteiger partial charge in [-0.15, -0.1) is 0 Å². The molecule has 2 heterocycles. The number of halogens is 1. The molecule has 2 saturated heterocycles. The van der Waals surface area contributed by atoms with Gasteiger partial charge in [-0.25, -0.2) is 12.8 Å². The molecule has 0 aliphatic carbocycles. The summed E-state index contributed by atoms with van der Waals surface area (Å²) in [5.41, 5.74) is 0.265. The van der Waals surface area contributed by atoms with Crippen LogP contribution in [0.15, 0.2) is 29.2 Å². The minimum Gasteiger partial charge on any atom is -0.337 e. The van der Waals surface area contributed by atoms with E-state index < -0.39 is 21.6 Å². The maximum absolute atomic E-state index is 13.8. The third-order valence-electron chi connectivity index (χ3n) is 4.67. The Labute approximate surface area is 172 Å². The zero-order valence-electron chi connectivity index (χ0n) is 15.1. The monoisotopic (exact) mass is 442 g/mol. The summed E-state index contributed by atoms with van der Waals surface area (Å²) >= 11 is 6.24. The third kappa shape index (κ3) is 4.44. The molecule has 0 unspecified atom stereocenters. The molecule has 0 saturated carbocycles. The van der Waals surface area contributed by atoms with Crippen molar-refractivity contribution in [2.45, 2.75) is 19.4 Å². The Morgan fingerprint density at radius 3 is 2.75 bits per heavy atom. The summed E-state index contributed by atoms with van der Waals surface area (Å²) in [6.07, 6.45) is 1.81. The lowest BCUT2D eigenvalue weighted by Gasteiger charge is -2.28. The van der Waals surface area contributed by atoms with E-state index in [1.807, 2.05) is 0 Å². The van der Waals surface area contributed by atoms with Crippen LogP contribution < -0.4 is 0 Å². The number of nitrogens with zero attached hydrogens (tertiary/aromatic N) is 2. The Kier molecular flexibility index (Phi) is 6.21. The van der Waals surface area contributed by atoms with Crippen LogP contribution in [-0.2, 0) is 19.4 Å². The molecule has 150 valence electrons. The Hall–Kier alpha value is -1.78. The number of benzene rings is 1. The van der Waals surface area contributed by atoms with E-state index in [2.05, 4.69) is 0 Å². The number of sulfone groups is 1. The Bertz CT molecular complexity index is 961. The van der Waals surface area contributed by atoms with Gasteiger partial charge in [-0.3, -0.25) is 14.5 Å². The molecule has 1 aromatic carbocycles. The molecular weight excluding hydrogens is 423 g/mol. The number of hydrogen-bond acceptors (Lipinski definition) is 6. The highest BCUT2D eigenvalue weighted by Gasteiger charge is 2.38. The van der Waals surface area contributed by atoms with Crippen molar-refractivity contribution >= 4 is 56.0 Å². The largest absolute Gasteiger partial charge is 0.337 e. The summed E-state index contributed by atoms with van der Waals surface area (Å²) in [5, 5.41) is 0. The smallest absolute Gasteiger partial charge is 0.266 e. The molecule has 28 heavy (non-hydrogen) atoms. The lowest BCUT2D eigenvalue weighted by Crippen LogP contribution is -2.47. The van der Waals surface area contributed by atoms with Gasteiger partial charge < -0.3 is 4.90 Å². The molecule has 1 atom stereocenters. The van der Waals surface area contributed by atoms with Gasteiger partial charge in [0, 0.05) is 18.2 Å². The van der Waals surface area contributed by atoms with Gasteiger partial charge in [0.05, 0.1) is 16.4 Å². The first-order valence-electron chi connectivity index (χ1n) is 8.71. The molecule has 2 amide bonds. The minimum atomic E-state index is -3.13. The SMILES string of the molecule is CCN(C(=O)CN1C(=O)/C(=C/c2ccccc2F)SC1=S)[C@H]1CCS(=O)(=O)C1. The summed E-state index contributed by atoms with van der Waals surface area (Å²) in [6, 6.07) is 5.68. The second-order valence-corrected chi connectivity index (χ2v) is 10.4. The summed E-state index contributed by atoms with van der Waals surface area (Å²) in [7, 11) is -3.13. The Morgan fingerprint density at radius 1 is 1.43 bits per heavy atom. The van der Waals surface area contributed by atoms with Crippen LogP contribution >= 0.6 is 24.0 Å². The first kappa shape index (κ1) is 20.9. The Morgan fingerprint density at radius 2 is 2.14 bits per heavy atom. The summed E-state index contributed by atoms with van der Waals surface area (Å²) in [5.74, 6) is -1.26. The molecule has 1 aromatic rings. The molecule has 0 spiro atoms. The van der Waals surface area contributed by atoms with E-state index in [1.54, 1.807) is 25.1 Å². The summed E-state index contributed by atoms with van der Waals surface area (Å²) in [4.78, 5) is 28.3. The average molecular weight is 443 g/mol. The van der Waals surface area contributed by atoms with E-state index in [4.69, 9.17) is 12.2 Å². The normalized spacial score (nSPS) is 22.9. The quantitative estimate of drug-likeness (QED) is 0.513. The molecule has 2 fully saturated rings. The van der Waals surface area contributed by atoms with Gasteiger partial charge in [0.2, 0.25) is 5.91 Å². The number of likely N-dealkylation sites (N-methyl/N-ethyl adjacent to an activating group) is 1. The number of hydrogen-bond donors (Lipinski definition) is 0. The number of thiocarbonyl (C=S) groups is 1. The van der Waals surface area contributed by atoms with Crippen molar-refractivity contribution in [3.63, 3.8) is 0 Å². The molecule has 10 heteroatoms. The van der Waals surface area contributed by atoms with Crippen LogP contribution in [0.5, 0.6) is 0 Å². The van der Waals surface area contributed by atoms with Crippen molar-refractivity contribution in [2.75, 3.05) is 24.6 Å². The van der Waals surface area contributed by atoms with Gasteiger partial charge in [-0.2, -0.15) is 0 Å². The molecule has 3 rings (SSSR count). The number of carbonyl (C=O) groups excluding carboxylic acids is 2. The molecule has 0 N–H and O–H groups in total. The predicted octanol–water partition coefficient (Wildman–Crippen LogP) is 2.06. The predicted molar refractivity (Wildman–Crippen MR) is 111 cm³/mol. The van der Waals surface area contributed by atoms with E-state index in [0.717, 1.165) is 11.8 Å². The third-order valence-corrected chi connectivity index (χ3v) is 7.80. The van der Waals surface area contributed by atoms with Crippen LogP contribution in [0.4, 0.5) is 4.39 Å². The van der Waals surface area contributed by atoms with Crippen molar-refractivity contribution in [1.82, 2.24) is 9.80 Å². The van der Waals surface area contributed by atoms with Gasteiger partial charge in [-0.1, -0.05) is 42.2 Å². The summed E-state index contributed by atoms with van der Waals surface area (Å²) < 4.78 is 37.5. The molecule has 0 aromatic heterocycles. The van der Waals surface area contributed by atoms with E-state index in [-0.39, 0.29) is 44.8 Å². The van der Waals surface area contributed by atoms with Crippen LogP contribution in [0.25, 0.3) is 6.08 Å². The van der Waals surface area contributed by atoms with Crippen molar-refractivity contribution in [3.8, 4) is 0 Å². The van der Waals surface area contributed by atoms with E-state index in [1.165, 1.54) is 21.9 Å². The highest BCUT2D eigenvalue weighted by Crippen LogP contribution is 2.33. The summed E-state index contributed by atoms with van der Waals surface area (Å²) in [6.45, 7) is 1.85. The van der Waals surface area contributed by atoms with E-state index in [9.17, 15) is 22.4 Å². The van der Waals surface area contributed by atoms with Crippen molar-refractivity contribution in [2.24, 2.45) is 0 Å². The Balaban J connectivity index is 1.73. The van der Waals surface area contributed by atoms with Gasteiger partial charge in [0.15, 0.2) is 9.84 Å². The fourth-order valence-electron chi connectivity index (χ4n) is 3.26. The second-order valence-electron chi connectivity index (χ2n) is 6.53. The number of rotatable bonds is 5.